The van der Waals surface area contributed by atoms with Crippen molar-refractivity contribution in [2.45, 2.75) is 0 Å². The Morgan fingerprint density at radius 1 is 0.220 bits per heavy atom. The summed E-state index contributed by atoms with van der Waals surface area (Å²) in [6.45, 7) is 0. The Balaban J connectivity index is 0.000000267. The molecule has 208 valence electrons. The summed E-state index contributed by atoms with van der Waals surface area (Å²) in [6.07, 6.45) is 0. The SMILES string of the molecule is [Br-].[Br-].[Pd+2].c1ccc(P(c2ccccc2)c2ccccc2)cc1.c1ccc(P(c2ccccc2)c2ccccc2)cc1. The molecule has 0 N–H and O–H groups in total. The van der Waals surface area contributed by atoms with Crippen LogP contribution in [0.1, 0.15) is 0 Å². The molecule has 0 saturated heterocycles. The van der Waals surface area contributed by atoms with E-state index in [0.717, 1.165) is 0 Å². The third-order valence-electron chi connectivity index (χ3n) is 6.09. The number of benzene rings is 6. The Labute approximate surface area is 282 Å². The van der Waals surface area contributed by atoms with Gasteiger partial charge in [0.2, 0.25) is 0 Å². The van der Waals surface area contributed by atoms with Crippen molar-refractivity contribution in [2.24, 2.45) is 0 Å². The molecule has 6 rings (SSSR count). The van der Waals surface area contributed by atoms with Crippen LogP contribution in [0.4, 0.5) is 0 Å². The van der Waals surface area contributed by atoms with Crippen LogP contribution < -0.4 is 65.8 Å². The van der Waals surface area contributed by atoms with Gasteiger partial charge in [0.05, 0.1) is 0 Å². The summed E-state index contributed by atoms with van der Waals surface area (Å²) in [4.78, 5) is 0. The maximum atomic E-state index is 2.23. The molecular formula is C36H30Br2P2Pd. The van der Waals surface area contributed by atoms with Crippen LogP contribution in [-0.2, 0) is 20.4 Å². The molecular weight excluding hydrogens is 761 g/mol. The van der Waals surface area contributed by atoms with Gasteiger partial charge in [0.25, 0.3) is 0 Å². The molecule has 0 aliphatic rings. The van der Waals surface area contributed by atoms with E-state index in [1.807, 2.05) is 0 Å². The zero-order chi connectivity index (χ0) is 25.8. The summed E-state index contributed by atoms with van der Waals surface area (Å²) in [5.74, 6) is 0. The summed E-state index contributed by atoms with van der Waals surface area (Å²) >= 11 is 0. The first-order chi connectivity index (χ1) is 18.9. The van der Waals surface area contributed by atoms with Gasteiger partial charge in [0.15, 0.2) is 0 Å². The van der Waals surface area contributed by atoms with Gasteiger partial charge in [-0.1, -0.05) is 182 Å². The van der Waals surface area contributed by atoms with Crippen molar-refractivity contribution in [3.05, 3.63) is 182 Å². The van der Waals surface area contributed by atoms with Gasteiger partial charge in [-0.2, -0.15) is 0 Å². The number of hydrogen-bond donors (Lipinski definition) is 0. The summed E-state index contributed by atoms with van der Waals surface area (Å²) < 4.78 is 0. The second-order valence-electron chi connectivity index (χ2n) is 8.68. The summed E-state index contributed by atoms with van der Waals surface area (Å²) in [7, 11) is -0.892. The molecule has 0 radical (unpaired) electrons. The van der Waals surface area contributed by atoms with Gasteiger partial charge in [-0.25, -0.2) is 0 Å². The number of hydrogen-bond acceptors (Lipinski definition) is 0. The van der Waals surface area contributed by atoms with E-state index in [1.165, 1.54) is 31.8 Å². The quantitative estimate of drug-likeness (QED) is 0.174. The molecule has 0 bridgehead atoms. The van der Waals surface area contributed by atoms with Crippen molar-refractivity contribution in [3.63, 3.8) is 0 Å². The van der Waals surface area contributed by atoms with Crippen molar-refractivity contribution in [1.29, 1.82) is 0 Å². The number of halogens is 2. The van der Waals surface area contributed by atoms with Crippen molar-refractivity contribution in [2.75, 3.05) is 0 Å². The van der Waals surface area contributed by atoms with Crippen molar-refractivity contribution in [3.8, 4) is 0 Å². The van der Waals surface area contributed by atoms with Crippen LogP contribution in [-0.4, -0.2) is 0 Å². The van der Waals surface area contributed by atoms with Crippen LogP contribution in [0.25, 0.3) is 0 Å². The standard InChI is InChI=1S/2C18H15P.2BrH.Pd/c2*1-4-10-16(11-5-1)19(17-12-6-2-7-13-17)18-14-8-3-9-15-18;;;/h2*1-15H;2*1H;/q;;;;+2/p-2. The largest absolute Gasteiger partial charge is 2.00 e. The molecule has 0 heterocycles. The fraction of sp³-hybridized carbons (Fsp3) is 0. The molecule has 0 unspecified atom stereocenters. The van der Waals surface area contributed by atoms with Crippen molar-refractivity contribution < 1.29 is 54.4 Å². The van der Waals surface area contributed by atoms with E-state index >= 15 is 0 Å². The molecule has 0 aliphatic heterocycles. The van der Waals surface area contributed by atoms with Crippen LogP contribution in [0.3, 0.4) is 0 Å². The Morgan fingerprint density at radius 3 is 0.463 bits per heavy atom. The molecule has 6 aromatic carbocycles. The molecule has 0 spiro atoms. The minimum Gasteiger partial charge on any atom is -1.00 e. The molecule has 41 heavy (non-hydrogen) atoms. The summed E-state index contributed by atoms with van der Waals surface area (Å²) in [5, 5.41) is 8.39. The van der Waals surface area contributed by atoms with Gasteiger partial charge >= 0.3 is 20.4 Å². The van der Waals surface area contributed by atoms with E-state index in [-0.39, 0.29) is 54.4 Å². The van der Waals surface area contributed by atoms with E-state index in [4.69, 9.17) is 0 Å². The second kappa shape index (κ2) is 19.1. The number of rotatable bonds is 6. The third kappa shape index (κ3) is 9.94. The molecule has 0 atom stereocenters. The zero-order valence-corrected chi connectivity index (χ0v) is 28.8. The van der Waals surface area contributed by atoms with Crippen LogP contribution >= 0.6 is 15.8 Å². The second-order valence-corrected chi connectivity index (χ2v) is 13.1. The molecule has 0 aromatic heterocycles. The minimum atomic E-state index is -0.446. The Kier molecular flexibility index (Phi) is 16.3. The van der Waals surface area contributed by atoms with Gasteiger partial charge in [0, 0.05) is 0 Å². The van der Waals surface area contributed by atoms with Crippen molar-refractivity contribution >= 4 is 47.7 Å². The Hall–Kier alpha value is -2.20. The average Bonchev–Trinajstić information content (AvgIpc) is 3.01. The average molecular weight is 791 g/mol. The van der Waals surface area contributed by atoms with Gasteiger partial charge in [-0.3, -0.25) is 0 Å². The normalized spacial score (nSPS) is 9.80. The molecule has 0 nitrogen and oxygen atoms in total. The van der Waals surface area contributed by atoms with Crippen molar-refractivity contribution in [1.82, 2.24) is 0 Å². The third-order valence-corrected chi connectivity index (χ3v) is 11.0. The fourth-order valence-corrected chi connectivity index (χ4v) is 8.97. The first-order valence-corrected chi connectivity index (χ1v) is 15.5. The molecule has 0 amide bonds. The first-order valence-electron chi connectivity index (χ1n) is 12.8. The van der Waals surface area contributed by atoms with E-state index in [2.05, 4.69) is 182 Å². The minimum absolute atomic E-state index is 0. The monoisotopic (exact) mass is 788 g/mol. The van der Waals surface area contributed by atoms with E-state index < -0.39 is 15.8 Å². The van der Waals surface area contributed by atoms with Crippen LogP contribution in [0.5, 0.6) is 0 Å². The van der Waals surface area contributed by atoms with Gasteiger partial charge in [0.1, 0.15) is 0 Å². The molecule has 6 aromatic rings. The van der Waals surface area contributed by atoms with Gasteiger partial charge in [-0.15, -0.1) is 0 Å². The fourth-order valence-electron chi connectivity index (χ4n) is 4.36. The zero-order valence-electron chi connectivity index (χ0n) is 22.3. The Bertz CT molecular complexity index is 1180. The molecule has 0 aliphatic carbocycles. The van der Waals surface area contributed by atoms with Crippen LogP contribution in [0, 0.1) is 0 Å². The van der Waals surface area contributed by atoms with E-state index in [1.54, 1.807) is 0 Å². The molecule has 0 fully saturated rings. The van der Waals surface area contributed by atoms with Gasteiger partial charge in [-0.05, 0) is 47.7 Å². The maximum Gasteiger partial charge on any atom is 2.00 e. The van der Waals surface area contributed by atoms with E-state index in [0.29, 0.717) is 0 Å². The predicted octanol–water partition coefficient (Wildman–Crippen LogP) is 0.895. The molecule has 0 saturated carbocycles. The summed E-state index contributed by atoms with van der Waals surface area (Å²) in [5.41, 5.74) is 0. The van der Waals surface area contributed by atoms with Crippen LogP contribution in [0.2, 0.25) is 0 Å². The predicted molar refractivity (Wildman–Crippen MR) is 170 cm³/mol. The smallest absolute Gasteiger partial charge is 1.00 e. The Morgan fingerprint density at radius 2 is 0.341 bits per heavy atom. The topological polar surface area (TPSA) is 0 Å². The first kappa shape index (κ1) is 35.0. The van der Waals surface area contributed by atoms with E-state index in [9.17, 15) is 0 Å². The molecule has 5 heteroatoms. The maximum absolute atomic E-state index is 2.23. The van der Waals surface area contributed by atoms with Crippen LogP contribution in [0.15, 0.2) is 182 Å². The van der Waals surface area contributed by atoms with Gasteiger partial charge < -0.3 is 34.0 Å². The summed E-state index contributed by atoms with van der Waals surface area (Å²) in [6, 6.07) is 64.7.